The third kappa shape index (κ3) is 8.30. The largest absolute Gasteiger partial charge is 0.307 e. The van der Waals surface area contributed by atoms with Crippen LogP contribution in [0.15, 0.2) is 143 Å². The number of rotatable bonds is 13. The molecule has 0 aliphatic carbocycles. The molecule has 0 saturated carbocycles. The van der Waals surface area contributed by atoms with Gasteiger partial charge in [0.2, 0.25) is 20.0 Å². The lowest BCUT2D eigenvalue weighted by atomic mass is 10.0. The number of hydrogen-bond acceptors (Lipinski definition) is 8. The smallest absolute Gasteiger partial charge is 0.243 e. The first-order chi connectivity index (χ1) is 26.7. The molecule has 2 N–H and O–H groups in total. The minimum absolute atomic E-state index is 0.279. The molecule has 4 heterocycles. The van der Waals surface area contributed by atoms with Crippen LogP contribution in [0.2, 0.25) is 0 Å². The normalized spacial score (nSPS) is 14.8. The summed E-state index contributed by atoms with van der Waals surface area (Å²) < 4.78 is 57.1. The van der Waals surface area contributed by atoms with E-state index in [9.17, 15) is 16.8 Å². The van der Waals surface area contributed by atoms with Crippen molar-refractivity contribution in [2.75, 3.05) is 6.54 Å². The van der Waals surface area contributed by atoms with Crippen LogP contribution in [0.1, 0.15) is 44.8 Å². The fraction of sp³-hybridized carbons (Fsp3) is 0.209. The summed E-state index contributed by atoms with van der Waals surface area (Å²) in [6, 6.07) is 39.9. The van der Waals surface area contributed by atoms with E-state index in [2.05, 4.69) is 21.7 Å². The second-order valence-electron chi connectivity index (χ2n) is 13.9. The molecule has 12 heteroatoms. The summed E-state index contributed by atoms with van der Waals surface area (Å²) in [7, 11) is -7.27. The van der Waals surface area contributed by atoms with E-state index in [-0.39, 0.29) is 4.90 Å². The monoisotopic (exact) mass is 770 g/mol. The van der Waals surface area contributed by atoms with Gasteiger partial charge in [0.25, 0.3) is 0 Å². The van der Waals surface area contributed by atoms with Crippen LogP contribution >= 0.6 is 0 Å². The lowest BCUT2D eigenvalue weighted by molar-refractivity contribution is 0.391. The van der Waals surface area contributed by atoms with Gasteiger partial charge in [-0.15, -0.1) is 0 Å². The highest BCUT2D eigenvalue weighted by atomic mass is 32.2. The first kappa shape index (κ1) is 36.9. The van der Waals surface area contributed by atoms with E-state index in [1.54, 1.807) is 34.8 Å². The lowest BCUT2D eigenvalue weighted by Crippen LogP contribution is -2.35. The average Bonchev–Trinajstić information content (AvgIpc) is 3.67. The van der Waals surface area contributed by atoms with Crippen LogP contribution in [-0.2, 0) is 72.3 Å². The molecule has 0 fully saturated rings. The highest BCUT2D eigenvalue weighted by Gasteiger charge is 2.31. The predicted octanol–water partition coefficient (Wildman–Crippen LogP) is 6.17. The minimum Gasteiger partial charge on any atom is -0.307 e. The number of fused-ring (bicyclic) bond motifs is 2. The van der Waals surface area contributed by atoms with Crippen LogP contribution in [0, 0.1) is 0 Å². The maximum atomic E-state index is 13.6. The number of hydrogen-bond donors (Lipinski definition) is 2. The van der Waals surface area contributed by atoms with E-state index in [1.807, 2.05) is 97.1 Å². The molecule has 0 atom stereocenters. The molecule has 0 radical (unpaired) electrons. The van der Waals surface area contributed by atoms with E-state index < -0.39 is 20.0 Å². The summed E-state index contributed by atoms with van der Waals surface area (Å²) in [5.74, 6) is 0. The van der Waals surface area contributed by atoms with Crippen molar-refractivity contribution < 1.29 is 16.8 Å². The maximum Gasteiger partial charge on any atom is 0.243 e. The summed E-state index contributed by atoms with van der Waals surface area (Å²) in [6.45, 7) is 3.81. The topological polar surface area (TPSA) is 125 Å². The molecule has 0 unspecified atom stereocenters. The Morgan fingerprint density at radius 1 is 0.527 bits per heavy atom. The molecule has 2 aliphatic heterocycles. The van der Waals surface area contributed by atoms with Crippen molar-refractivity contribution in [3.63, 3.8) is 0 Å². The fourth-order valence-electron chi connectivity index (χ4n) is 7.14. The molecule has 0 amide bonds. The van der Waals surface area contributed by atoms with Gasteiger partial charge in [0.15, 0.2) is 0 Å². The second-order valence-corrected chi connectivity index (χ2v) is 17.8. The average molecular weight is 771 g/mol. The van der Waals surface area contributed by atoms with Crippen molar-refractivity contribution in [2.45, 2.75) is 62.0 Å². The van der Waals surface area contributed by atoms with E-state index in [0.29, 0.717) is 63.7 Å². The Kier molecular flexibility index (Phi) is 10.7. The second kappa shape index (κ2) is 16.0. The Balaban J connectivity index is 0.848. The van der Waals surface area contributed by atoms with Gasteiger partial charge in [-0.1, -0.05) is 72.8 Å². The van der Waals surface area contributed by atoms with Gasteiger partial charge >= 0.3 is 0 Å². The molecule has 2 aliphatic rings. The Morgan fingerprint density at radius 2 is 1.11 bits per heavy atom. The van der Waals surface area contributed by atoms with Crippen molar-refractivity contribution in [3.8, 4) is 11.3 Å². The number of nitrogens with one attached hydrogen (secondary N) is 2. The Morgan fingerprint density at radius 3 is 1.80 bits per heavy atom. The molecule has 2 aromatic heterocycles. The molecule has 6 aromatic rings. The number of sulfonamides is 2. The molecule has 0 saturated heterocycles. The van der Waals surface area contributed by atoms with Crippen LogP contribution in [0.3, 0.4) is 0 Å². The van der Waals surface area contributed by atoms with Gasteiger partial charge in [0, 0.05) is 64.1 Å². The minimum atomic E-state index is -3.68. The van der Waals surface area contributed by atoms with Crippen molar-refractivity contribution in [1.82, 2.24) is 29.2 Å². The molecular weight excluding hydrogens is 729 g/mol. The number of benzene rings is 4. The highest BCUT2D eigenvalue weighted by molar-refractivity contribution is 7.89. The Bertz CT molecular complexity index is 2510. The fourth-order valence-corrected chi connectivity index (χ4v) is 9.95. The molecule has 55 heavy (non-hydrogen) atoms. The molecular formula is C43H42N6O4S2. The quantitative estimate of drug-likeness (QED) is 0.143. The lowest BCUT2D eigenvalue weighted by Gasteiger charge is -2.28. The molecule has 0 bridgehead atoms. The first-order valence-electron chi connectivity index (χ1n) is 18.4. The van der Waals surface area contributed by atoms with E-state index in [1.165, 1.54) is 9.87 Å². The van der Waals surface area contributed by atoms with Gasteiger partial charge in [0.1, 0.15) is 0 Å². The van der Waals surface area contributed by atoms with Crippen LogP contribution < -0.4 is 10.6 Å². The van der Waals surface area contributed by atoms with Gasteiger partial charge in [-0.3, -0.25) is 9.97 Å². The molecule has 0 spiro atoms. The molecule has 10 nitrogen and oxygen atoms in total. The molecule has 8 rings (SSSR count). The maximum absolute atomic E-state index is 13.6. The van der Waals surface area contributed by atoms with Crippen LogP contribution in [0.25, 0.3) is 11.3 Å². The van der Waals surface area contributed by atoms with Gasteiger partial charge in [-0.05, 0) is 94.4 Å². The predicted molar refractivity (Wildman–Crippen MR) is 212 cm³/mol. The summed E-state index contributed by atoms with van der Waals surface area (Å²) in [5, 5.41) is 6.78. The van der Waals surface area contributed by atoms with Crippen molar-refractivity contribution in [2.24, 2.45) is 0 Å². The summed E-state index contributed by atoms with van der Waals surface area (Å²) >= 11 is 0. The summed E-state index contributed by atoms with van der Waals surface area (Å²) in [4.78, 5) is 9.79. The van der Waals surface area contributed by atoms with Gasteiger partial charge < -0.3 is 10.6 Å². The van der Waals surface area contributed by atoms with Crippen molar-refractivity contribution in [3.05, 3.63) is 178 Å². The zero-order valence-corrected chi connectivity index (χ0v) is 31.9. The van der Waals surface area contributed by atoms with E-state index in [0.717, 1.165) is 50.5 Å². The molecule has 280 valence electrons. The first-order valence-corrected chi connectivity index (χ1v) is 21.2. The number of nitrogens with zero attached hydrogens (tertiary/aromatic N) is 4. The zero-order valence-electron chi connectivity index (χ0n) is 30.3. The SMILES string of the molecule is O=S(=O)(c1ccc(CNCc2cccc(-c3ccc4c(c3)CN(S(=O)(=O)c3ccc(CNCc5ccccn5)cc3)C4)n2)cc1)N1CCc2ccccc2C1. The summed E-state index contributed by atoms with van der Waals surface area (Å²) in [5.41, 5.74) is 9.75. The Hall–Kier alpha value is -5.08. The van der Waals surface area contributed by atoms with Gasteiger partial charge in [-0.2, -0.15) is 8.61 Å². The number of pyridine rings is 2. The third-order valence-corrected chi connectivity index (χ3v) is 13.9. The summed E-state index contributed by atoms with van der Waals surface area (Å²) in [6.07, 6.45) is 2.48. The van der Waals surface area contributed by atoms with Crippen LogP contribution in [0.4, 0.5) is 0 Å². The third-order valence-electron chi connectivity index (χ3n) is 10.2. The van der Waals surface area contributed by atoms with Gasteiger partial charge in [-0.25, -0.2) is 16.8 Å². The van der Waals surface area contributed by atoms with E-state index in [4.69, 9.17) is 4.98 Å². The number of aromatic nitrogens is 2. The Labute approximate surface area is 323 Å². The van der Waals surface area contributed by atoms with Crippen molar-refractivity contribution in [1.29, 1.82) is 0 Å². The zero-order chi connectivity index (χ0) is 37.8. The molecule has 4 aromatic carbocycles. The van der Waals surface area contributed by atoms with Crippen LogP contribution in [-0.4, -0.2) is 42.0 Å². The van der Waals surface area contributed by atoms with Crippen molar-refractivity contribution >= 4 is 20.0 Å². The van der Waals surface area contributed by atoms with E-state index >= 15 is 0 Å². The highest BCUT2D eigenvalue weighted by Crippen LogP contribution is 2.32. The van der Waals surface area contributed by atoms with Crippen LogP contribution in [0.5, 0.6) is 0 Å². The standard InChI is InChI=1S/C43H42N6O4S2/c50-54(51,48-23-21-34-6-1-2-7-36(34)29-48)41-17-11-33(12-18-41)26-45-28-40-9-5-10-43(47-40)35-15-16-37-30-49(31-38(37)24-35)55(52,53)42-19-13-32(14-20-42)25-44-27-39-8-3-4-22-46-39/h1-20,22,24,44-45H,21,23,25-31H2. The van der Waals surface area contributed by atoms with Gasteiger partial charge in [0.05, 0.1) is 26.9 Å².